The van der Waals surface area contributed by atoms with Crippen LogP contribution in [0.3, 0.4) is 0 Å². The topological polar surface area (TPSA) is 79.6 Å². The average Bonchev–Trinajstić information content (AvgIpc) is 2.58. The normalized spacial score (nSPS) is 11.0. The van der Waals surface area contributed by atoms with Gasteiger partial charge < -0.3 is 9.84 Å². The van der Waals surface area contributed by atoms with Gasteiger partial charge in [-0.2, -0.15) is 5.10 Å². The zero-order valence-electron chi connectivity index (χ0n) is 12.2. The van der Waals surface area contributed by atoms with Gasteiger partial charge in [-0.25, -0.2) is 0 Å². The zero-order chi connectivity index (χ0) is 16.2. The van der Waals surface area contributed by atoms with E-state index in [2.05, 4.69) is 20.7 Å². The molecule has 0 unspecified atom stereocenters. The third kappa shape index (κ3) is 3.17. The first-order chi connectivity index (χ1) is 11.2. The van der Waals surface area contributed by atoms with Gasteiger partial charge in [-0.1, -0.05) is 35.9 Å². The maximum atomic E-state index is 9.57. The number of nitrogens with one attached hydrogen (secondary N) is 1. The van der Waals surface area contributed by atoms with Crippen LogP contribution in [0.2, 0.25) is 5.15 Å². The van der Waals surface area contributed by atoms with E-state index in [9.17, 15) is 5.11 Å². The number of hydrogen-bond acceptors (Lipinski definition) is 6. The van der Waals surface area contributed by atoms with Crippen LogP contribution < -0.4 is 10.2 Å². The molecule has 0 aliphatic carbocycles. The predicted octanol–water partition coefficient (Wildman–Crippen LogP) is 3.44. The number of halogens is 1. The summed E-state index contributed by atoms with van der Waals surface area (Å²) in [4.78, 5) is 0. The van der Waals surface area contributed by atoms with Crippen LogP contribution in [0.5, 0.6) is 11.5 Å². The van der Waals surface area contributed by atoms with Gasteiger partial charge in [0, 0.05) is 10.8 Å². The molecule has 0 aliphatic heterocycles. The molecule has 3 aromatic rings. The second-order valence-electron chi connectivity index (χ2n) is 4.69. The molecule has 7 heteroatoms. The molecule has 0 saturated heterocycles. The summed E-state index contributed by atoms with van der Waals surface area (Å²) in [5.41, 5.74) is 3.61. The molecular weight excluding hydrogens is 316 g/mol. The molecule has 0 atom stereocenters. The van der Waals surface area contributed by atoms with Crippen LogP contribution in [0.25, 0.3) is 10.8 Å². The molecule has 2 N–H and O–H groups in total. The number of benzene rings is 2. The number of aromatic hydroxyl groups is 1. The van der Waals surface area contributed by atoms with Crippen molar-refractivity contribution in [2.75, 3.05) is 12.5 Å². The maximum Gasteiger partial charge on any atom is 0.176 e. The number of anilines is 1. The minimum atomic E-state index is 0.0761. The summed E-state index contributed by atoms with van der Waals surface area (Å²) in [6.45, 7) is 0. The van der Waals surface area contributed by atoms with Crippen molar-refractivity contribution >= 4 is 34.4 Å². The third-order valence-electron chi connectivity index (χ3n) is 3.23. The van der Waals surface area contributed by atoms with Crippen molar-refractivity contribution in [3.63, 3.8) is 0 Å². The monoisotopic (exact) mass is 328 g/mol. The predicted molar refractivity (Wildman–Crippen MR) is 90.4 cm³/mol. The molecule has 0 bridgehead atoms. The first kappa shape index (κ1) is 15.1. The number of fused-ring (bicyclic) bond motifs is 1. The van der Waals surface area contributed by atoms with Gasteiger partial charge in [0.15, 0.2) is 22.5 Å². The van der Waals surface area contributed by atoms with Gasteiger partial charge in [0.25, 0.3) is 0 Å². The average molecular weight is 329 g/mol. The zero-order valence-corrected chi connectivity index (χ0v) is 12.9. The van der Waals surface area contributed by atoms with Crippen molar-refractivity contribution in [1.29, 1.82) is 0 Å². The van der Waals surface area contributed by atoms with Crippen molar-refractivity contribution in [1.82, 2.24) is 10.2 Å². The van der Waals surface area contributed by atoms with Crippen LogP contribution in [-0.2, 0) is 0 Å². The molecule has 2 aromatic carbocycles. The number of hydrogen-bond donors (Lipinski definition) is 2. The summed E-state index contributed by atoms with van der Waals surface area (Å²) in [6, 6.07) is 12.5. The molecule has 3 rings (SSSR count). The summed E-state index contributed by atoms with van der Waals surface area (Å²) in [6.07, 6.45) is 1.59. The molecule has 0 aliphatic rings. The van der Waals surface area contributed by atoms with E-state index in [4.69, 9.17) is 16.3 Å². The molecule has 23 heavy (non-hydrogen) atoms. The van der Waals surface area contributed by atoms with E-state index in [0.29, 0.717) is 16.7 Å². The number of hydrazone groups is 1. The van der Waals surface area contributed by atoms with E-state index < -0.39 is 0 Å². The molecule has 0 fully saturated rings. The Balaban J connectivity index is 1.85. The van der Waals surface area contributed by atoms with Gasteiger partial charge in [0.1, 0.15) is 0 Å². The molecule has 0 radical (unpaired) electrons. The summed E-state index contributed by atoms with van der Waals surface area (Å²) in [7, 11) is 1.49. The van der Waals surface area contributed by atoms with Gasteiger partial charge in [-0.15, -0.1) is 10.2 Å². The van der Waals surface area contributed by atoms with Crippen LogP contribution in [-0.4, -0.2) is 28.6 Å². The van der Waals surface area contributed by atoms with Gasteiger partial charge in [0.05, 0.1) is 13.3 Å². The second kappa shape index (κ2) is 6.50. The summed E-state index contributed by atoms with van der Waals surface area (Å²) < 4.78 is 5.05. The smallest absolute Gasteiger partial charge is 0.176 e. The lowest BCUT2D eigenvalue weighted by molar-refractivity contribution is 0.373. The van der Waals surface area contributed by atoms with E-state index in [1.54, 1.807) is 18.3 Å². The van der Waals surface area contributed by atoms with Gasteiger partial charge in [-0.05, 0) is 23.8 Å². The largest absolute Gasteiger partial charge is 0.504 e. The standard InChI is InChI=1S/C16H13ClN4O2/c1-23-14-8-10(6-7-13(14)22)9-18-20-16-12-5-3-2-4-11(12)15(17)19-21-16/h2-9,22H,1H3,(H,20,21)/b18-9-. The van der Waals surface area contributed by atoms with Crippen molar-refractivity contribution < 1.29 is 9.84 Å². The Morgan fingerprint density at radius 1 is 1.17 bits per heavy atom. The van der Waals surface area contributed by atoms with Crippen molar-refractivity contribution in [3.05, 3.63) is 53.2 Å². The number of rotatable bonds is 4. The van der Waals surface area contributed by atoms with Crippen LogP contribution in [0.1, 0.15) is 5.56 Å². The maximum absolute atomic E-state index is 9.57. The fraction of sp³-hybridized carbons (Fsp3) is 0.0625. The number of methoxy groups -OCH3 is 1. The van der Waals surface area contributed by atoms with Gasteiger partial charge >= 0.3 is 0 Å². The van der Waals surface area contributed by atoms with Crippen molar-refractivity contribution in [2.24, 2.45) is 5.10 Å². The van der Waals surface area contributed by atoms with Crippen LogP contribution >= 0.6 is 11.6 Å². The van der Waals surface area contributed by atoms with Crippen LogP contribution in [0, 0.1) is 0 Å². The molecule has 1 heterocycles. The number of aromatic nitrogens is 2. The van der Waals surface area contributed by atoms with E-state index >= 15 is 0 Å². The molecule has 6 nitrogen and oxygen atoms in total. The van der Waals surface area contributed by atoms with Gasteiger partial charge in [-0.3, -0.25) is 5.43 Å². The first-order valence-corrected chi connectivity index (χ1v) is 7.14. The van der Waals surface area contributed by atoms with E-state index in [1.807, 2.05) is 24.3 Å². The highest BCUT2D eigenvalue weighted by Gasteiger charge is 2.06. The van der Waals surface area contributed by atoms with Crippen LogP contribution in [0.4, 0.5) is 5.82 Å². The lowest BCUT2D eigenvalue weighted by Crippen LogP contribution is -1.97. The SMILES string of the molecule is COc1cc(/C=N\Nc2nnc(Cl)c3ccccc23)ccc1O. The summed E-state index contributed by atoms with van der Waals surface area (Å²) in [5, 5.41) is 23.6. The lowest BCUT2D eigenvalue weighted by atomic mass is 10.2. The number of nitrogens with zero attached hydrogens (tertiary/aromatic N) is 3. The molecule has 0 saturated carbocycles. The minimum absolute atomic E-state index is 0.0761. The lowest BCUT2D eigenvalue weighted by Gasteiger charge is -2.05. The first-order valence-electron chi connectivity index (χ1n) is 6.76. The minimum Gasteiger partial charge on any atom is -0.504 e. The van der Waals surface area contributed by atoms with E-state index in [1.165, 1.54) is 13.2 Å². The molecule has 0 spiro atoms. The van der Waals surface area contributed by atoms with Crippen LogP contribution in [0.15, 0.2) is 47.6 Å². The third-order valence-corrected chi connectivity index (χ3v) is 3.51. The van der Waals surface area contributed by atoms with E-state index in [-0.39, 0.29) is 5.75 Å². The molecular formula is C16H13ClN4O2. The Labute approximate surface area is 137 Å². The highest BCUT2D eigenvalue weighted by atomic mass is 35.5. The van der Waals surface area contributed by atoms with Crippen molar-refractivity contribution in [3.8, 4) is 11.5 Å². The molecule has 1 aromatic heterocycles. The fourth-order valence-electron chi connectivity index (χ4n) is 2.10. The summed E-state index contributed by atoms with van der Waals surface area (Å²) >= 11 is 6.03. The Bertz CT molecular complexity index is 883. The Hall–Kier alpha value is -2.86. The quantitative estimate of drug-likeness (QED) is 0.566. The van der Waals surface area contributed by atoms with Gasteiger partial charge in [0.2, 0.25) is 0 Å². The summed E-state index contributed by atoms with van der Waals surface area (Å²) in [5.74, 6) is 0.963. The number of phenols is 1. The molecule has 0 amide bonds. The number of phenolic OH excluding ortho intramolecular Hbond substituents is 1. The fourth-order valence-corrected chi connectivity index (χ4v) is 2.30. The van der Waals surface area contributed by atoms with Crippen molar-refractivity contribution in [2.45, 2.75) is 0 Å². The molecule has 116 valence electrons. The Morgan fingerprint density at radius 3 is 2.74 bits per heavy atom. The Kier molecular flexibility index (Phi) is 4.25. The highest BCUT2D eigenvalue weighted by Crippen LogP contribution is 2.26. The second-order valence-corrected chi connectivity index (χ2v) is 5.04. The van der Waals surface area contributed by atoms with E-state index in [0.717, 1.165) is 16.3 Å². The highest BCUT2D eigenvalue weighted by molar-refractivity contribution is 6.34. The Morgan fingerprint density at radius 2 is 1.96 bits per heavy atom. The number of ether oxygens (including phenoxy) is 1.